The van der Waals surface area contributed by atoms with Crippen molar-refractivity contribution in [3.8, 4) is 0 Å². The molecular weight excluding hydrogens is 793 g/mol. The highest BCUT2D eigenvalue weighted by Gasteiger charge is 1.98. The van der Waals surface area contributed by atoms with Crippen LogP contribution in [0.1, 0.15) is 380 Å². The minimum absolute atomic E-state index is 0.884. The number of rotatable bonds is 30. The summed E-state index contributed by atoms with van der Waals surface area (Å²) in [7, 11) is 0. The Kier molecular flexibility index (Phi) is 107. The molecule has 0 N–H and O–H groups in total. The molecule has 66 heavy (non-hydrogen) atoms. The number of unbranched alkanes of at least 4 members (excludes halogenated alkanes) is 9. The minimum atomic E-state index is 0.884. The molecule has 0 aliphatic rings. The molecule has 0 spiro atoms. The molecule has 0 saturated heterocycles. The summed E-state index contributed by atoms with van der Waals surface area (Å²) in [6.07, 6.45) is 41.5. The second kappa shape index (κ2) is 81.9. The van der Waals surface area contributed by atoms with Gasteiger partial charge < -0.3 is 0 Å². The van der Waals surface area contributed by atoms with E-state index in [1.54, 1.807) is 0 Å². The lowest BCUT2D eigenvalue weighted by atomic mass is 10.0. The zero-order valence-corrected chi connectivity index (χ0v) is 53.4. The summed E-state index contributed by atoms with van der Waals surface area (Å²) >= 11 is 0. The summed E-state index contributed by atoms with van der Waals surface area (Å²) in [6, 6.07) is 0. The van der Waals surface area contributed by atoms with E-state index in [9.17, 15) is 0 Å². The number of hydrogen-bond donors (Lipinski definition) is 0. The lowest BCUT2D eigenvalue weighted by Gasteiger charge is -2.06. The Bertz CT molecular complexity index is 653. The van der Waals surface area contributed by atoms with Crippen molar-refractivity contribution >= 4 is 0 Å². The lowest BCUT2D eigenvalue weighted by Crippen LogP contribution is -1.91. The van der Waals surface area contributed by atoms with E-state index in [1.165, 1.54) is 193 Å². The Hall–Kier alpha value is 0. The summed E-state index contributed by atoms with van der Waals surface area (Å²) in [5.74, 6) is 8.34. The molecule has 4 atom stereocenters. The Balaban J connectivity index is -0.0000000796. The van der Waals surface area contributed by atoms with Crippen molar-refractivity contribution in [3.63, 3.8) is 0 Å². The average molecular weight is 944 g/mol. The van der Waals surface area contributed by atoms with Crippen LogP contribution in [0.15, 0.2) is 0 Å². The Labute approximate surface area is 431 Å². The average Bonchev–Trinajstić information content (AvgIpc) is 3.30. The fourth-order valence-corrected chi connectivity index (χ4v) is 5.81. The van der Waals surface area contributed by atoms with Gasteiger partial charge in [0.1, 0.15) is 0 Å². The first-order valence-electron chi connectivity index (χ1n) is 31.1. The van der Waals surface area contributed by atoms with E-state index in [4.69, 9.17) is 0 Å². The molecule has 0 saturated carbocycles. The van der Waals surface area contributed by atoms with Crippen LogP contribution in [0.25, 0.3) is 0 Å². The van der Waals surface area contributed by atoms with Crippen LogP contribution in [0.2, 0.25) is 0 Å². The maximum Gasteiger partial charge on any atom is -0.0445 e. The van der Waals surface area contributed by atoms with Crippen LogP contribution < -0.4 is 0 Å². The summed E-state index contributed by atoms with van der Waals surface area (Å²) < 4.78 is 0. The van der Waals surface area contributed by atoms with Gasteiger partial charge in [0.15, 0.2) is 0 Å². The molecule has 0 aromatic rings. The first-order valence-corrected chi connectivity index (χ1v) is 31.1. The fraction of sp³-hybridized carbons (Fsp3) is 1.00. The van der Waals surface area contributed by atoms with E-state index < -0.39 is 0 Å². The standard InChI is InChI=1S/C10H22.C9H20.2C8H18.2C7H16.2C6H14.C5H12/c1-4-6-7-8-9-10(3)5-2;1-4-6-7-8-9(3)5-2;1-4-5-6-7-8(2)3;1-4-6-7-8(3)5-2;1-4-5-6-7(2)3;1-4-6-7(3)5-2;1-4-5-6(2)3;1-4-6(3)5-2;1-4-5(2)3/h10H,4-9H2,1-3H3;9H,4-8H2,1-3H3;2*8H,4-7H2,1-3H3;2*7H,4-6H2,1-3H3;2*6H,4-5H2,1-3H3;5H,4H2,1-3H3. The van der Waals surface area contributed by atoms with Crippen molar-refractivity contribution < 1.29 is 0 Å². The van der Waals surface area contributed by atoms with Gasteiger partial charge in [-0.05, 0) is 53.3 Å². The van der Waals surface area contributed by atoms with Crippen LogP contribution in [-0.2, 0) is 0 Å². The molecule has 0 nitrogen and oxygen atoms in total. The van der Waals surface area contributed by atoms with Crippen molar-refractivity contribution in [1.82, 2.24) is 0 Å². The molecule has 414 valence electrons. The van der Waals surface area contributed by atoms with Gasteiger partial charge in [-0.2, -0.15) is 0 Å². The Morgan fingerprint density at radius 2 is 0.394 bits per heavy atom. The second-order valence-electron chi connectivity index (χ2n) is 22.7. The molecule has 0 aromatic heterocycles. The van der Waals surface area contributed by atoms with Gasteiger partial charge in [-0.25, -0.2) is 0 Å². The summed E-state index contributed by atoms with van der Waals surface area (Å²) in [4.78, 5) is 0. The molecule has 0 rings (SSSR count). The van der Waals surface area contributed by atoms with Gasteiger partial charge >= 0.3 is 0 Å². The zero-order chi connectivity index (χ0) is 53.4. The zero-order valence-electron chi connectivity index (χ0n) is 53.4. The van der Waals surface area contributed by atoms with Crippen LogP contribution in [0.5, 0.6) is 0 Å². The van der Waals surface area contributed by atoms with Gasteiger partial charge in [0.05, 0.1) is 0 Å². The third-order valence-electron chi connectivity index (χ3n) is 13.1. The maximum absolute atomic E-state index is 2.35. The molecule has 0 aliphatic carbocycles. The van der Waals surface area contributed by atoms with E-state index >= 15 is 0 Å². The SMILES string of the molecule is CCC(C)C.CCC(C)CC.CCCC(C)C.CCCC(C)CC.CCCCC(C)C.CCCCC(C)CC.CCCCCC(C)C.CCCCCC(C)CC.CCCCCCC(C)CC. The van der Waals surface area contributed by atoms with Gasteiger partial charge in [-0.3, -0.25) is 0 Å². The first kappa shape index (κ1) is 85.8. The van der Waals surface area contributed by atoms with Crippen molar-refractivity contribution in [2.75, 3.05) is 0 Å². The minimum Gasteiger partial charge on any atom is -0.0654 e. The van der Waals surface area contributed by atoms with Gasteiger partial charge in [-0.1, -0.05) is 380 Å². The topological polar surface area (TPSA) is 0 Å². The maximum atomic E-state index is 2.35. The lowest BCUT2D eigenvalue weighted by molar-refractivity contribution is 0.477. The molecule has 0 heteroatoms. The van der Waals surface area contributed by atoms with Crippen molar-refractivity contribution in [1.29, 1.82) is 0 Å². The van der Waals surface area contributed by atoms with Crippen molar-refractivity contribution in [3.05, 3.63) is 0 Å². The van der Waals surface area contributed by atoms with E-state index in [0.29, 0.717) is 0 Å². The molecule has 0 aliphatic heterocycles. The monoisotopic (exact) mass is 943 g/mol. The molecule has 0 amide bonds. The Morgan fingerprint density at radius 1 is 0.167 bits per heavy atom. The summed E-state index contributed by atoms with van der Waals surface area (Å²) in [5.41, 5.74) is 0. The fourth-order valence-electron chi connectivity index (χ4n) is 5.81. The van der Waals surface area contributed by atoms with E-state index in [2.05, 4.69) is 187 Å². The molecular formula is C66H150. The van der Waals surface area contributed by atoms with Gasteiger partial charge in [-0.15, -0.1) is 0 Å². The smallest absolute Gasteiger partial charge is 0.0445 e. The molecule has 0 radical (unpaired) electrons. The van der Waals surface area contributed by atoms with E-state index in [-0.39, 0.29) is 0 Å². The predicted molar refractivity (Wildman–Crippen MR) is 323 cm³/mol. The van der Waals surface area contributed by atoms with Crippen molar-refractivity contribution in [2.24, 2.45) is 53.3 Å². The van der Waals surface area contributed by atoms with Gasteiger partial charge in [0.25, 0.3) is 0 Å². The highest BCUT2D eigenvalue weighted by Crippen LogP contribution is 2.14. The molecule has 0 fully saturated rings. The molecule has 4 unspecified atom stereocenters. The number of hydrogen-bond acceptors (Lipinski definition) is 0. The van der Waals surface area contributed by atoms with Crippen molar-refractivity contribution in [2.45, 2.75) is 380 Å². The van der Waals surface area contributed by atoms with Crippen LogP contribution in [0.4, 0.5) is 0 Å². The highest BCUT2D eigenvalue weighted by atomic mass is 14.0. The largest absolute Gasteiger partial charge is 0.0654 e. The normalized spacial score (nSPS) is 12.0. The summed E-state index contributed by atoms with van der Waals surface area (Å²) in [5, 5.41) is 0. The highest BCUT2D eigenvalue weighted by molar-refractivity contribution is 4.52. The van der Waals surface area contributed by atoms with Crippen LogP contribution in [-0.4, -0.2) is 0 Å². The Morgan fingerprint density at radius 3 is 0.591 bits per heavy atom. The third-order valence-corrected chi connectivity index (χ3v) is 13.1. The summed E-state index contributed by atoms with van der Waals surface area (Å²) in [6.45, 7) is 61.1. The van der Waals surface area contributed by atoms with Crippen LogP contribution >= 0.6 is 0 Å². The molecule has 0 heterocycles. The molecule has 0 bridgehead atoms. The predicted octanol–water partition coefficient (Wildman–Crippen LogP) is 26.7. The first-order chi connectivity index (χ1) is 31.1. The third kappa shape index (κ3) is 131. The molecule has 0 aromatic carbocycles. The second-order valence-corrected chi connectivity index (χ2v) is 22.7. The van der Waals surface area contributed by atoms with E-state index in [1.807, 2.05) is 0 Å². The van der Waals surface area contributed by atoms with Gasteiger partial charge in [0.2, 0.25) is 0 Å². The van der Waals surface area contributed by atoms with Gasteiger partial charge in [0, 0.05) is 0 Å². The van der Waals surface area contributed by atoms with E-state index in [0.717, 1.165) is 53.3 Å². The van der Waals surface area contributed by atoms with Crippen LogP contribution in [0, 0.1) is 53.3 Å². The van der Waals surface area contributed by atoms with Crippen LogP contribution in [0.3, 0.4) is 0 Å². The quantitative estimate of drug-likeness (QED) is 0.0630.